The molecule has 0 unspecified atom stereocenters. The number of hydrogen-bond acceptors (Lipinski definition) is 7. The number of benzene rings is 1. The molecular formula is C19H23N7O. The maximum Gasteiger partial charge on any atom is 0.225 e. The lowest BCUT2D eigenvalue weighted by Gasteiger charge is -2.32. The summed E-state index contributed by atoms with van der Waals surface area (Å²) in [6.07, 6.45) is 6.14. The summed E-state index contributed by atoms with van der Waals surface area (Å²) >= 11 is 0. The molecule has 0 spiro atoms. The number of nitrogens with one attached hydrogen (secondary N) is 1. The zero-order valence-corrected chi connectivity index (χ0v) is 15.4. The van der Waals surface area contributed by atoms with Crippen LogP contribution in [-0.2, 0) is 13.6 Å². The van der Waals surface area contributed by atoms with Crippen molar-refractivity contribution in [2.24, 2.45) is 13.0 Å². The molecule has 27 heavy (non-hydrogen) atoms. The molecule has 1 aliphatic rings. The van der Waals surface area contributed by atoms with E-state index in [2.05, 4.69) is 48.7 Å². The van der Waals surface area contributed by atoms with Crippen molar-refractivity contribution in [3.63, 3.8) is 0 Å². The van der Waals surface area contributed by atoms with Gasteiger partial charge in [-0.3, -0.25) is 4.79 Å². The van der Waals surface area contributed by atoms with E-state index in [1.54, 1.807) is 17.1 Å². The molecule has 2 aromatic heterocycles. The fraction of sp³-hybridized carbons (Fsp3) is 0.421. The van der Waals surface area contributed by atoms with E-state index in [-0.39, 0.29) is 0 Å². The van der Waals surface area contributed by atoms with Crippen molar-refractivity contribution in [2.45, 2.75) is 19.4 Å². The van der Waals surface area contributed by atoms with Gasteiger partial charge < -0.3 is 10.2 Å². The van der Waals surface area contributed by atoms with Crippen LogP contribution in [0.2, 0.25) is 0 Å². The van der Waals surface area contributed by atoms with Crippen molar-refractivity contribution >= 4 is 23.3 Å². The number of aromatic nitrogens is 5. The van der Waals surface area contributed by atoms with Gasteiger partial charge in [0.05, 0.1) is 11.1 Å². The molecule has 0 aliphatic carbocycles. The minimum Gasteiger partial charge on any atom is -0.341 e. The van der Waals surface area contributed by atoms with Crippen LogP contribution in [0, 0.1) is 5.92 Å². The Bertz CT molecular complexity index is 913. The molecule has 1 aromatic carbocycles. The first-order chi connectivity index (χ1) is 13.2. The normalized spacial score (nSPS) is 15.4. The highest BCUT2D eigenvalue weighted by atomic mass is 16.1. The Morgan fingerprint density at radius 2 is 2.00 bits per heavy atom. The summed E-state index contributed by atoms with van der Waals surface area (Å²) in [6.45, 7) is 3.72. The van der Waals surface area contributed by atoms with Crippen LogP contribution in [0.4, 0.5) is 5.95 Å². The third-order valence-corrected chi connectivity index (χ3v) is 5.13. The van der Waals surface area contributed by atoms with E-state index in [1.807, 2.05) is 7.05 Å². The molecule has 1 fully saturated rings. The van der Waals surface area contributed by atoms with Crippen LogP contribution in [0.1, 0.15) is 28.8 Å². The number of aryl methyl sites for hydroxylation is 1. The molecule has 8 heteroatoms. The largest absolute Gasteiger partial charge is 0.341 e. The summed E-state index contributed by atoms with van der Waals surface area (Å²) in [5.41, 5.74) is 3.72. The summed E-state index contributed by atoms with van der Waals surface area (Å²) in [4.78, 5) is 21.4. The van der Waals surface area contributed by atoms with Crippen molar-refractivity contribution in [3.8, 4) is 0 Å². The first-order valence-corrected chi connectivity index (χ1v) is 9.24. The standard InChI is InChI=1S/C19H23N7O/c1-25-18-3-2-15(8-17(18)23-24-25)10-20-9-14-4-6-26(7-5-14)19-21-11-16(13-27)12-22-19/h2-3,8,11-14,20H,4-7,9-10H2,1H3. The lowest BCUT2D eigenvalue weighted by Crippen LogP contribution is -2.38. The highest BCUT2D eigenvalue weighted by Gasteiger charge is 2.20. The summed E-state index contributed by atoms with van der Waals surface area (Å²) < 4.78 is 1.79. The number of hydrogen-bond donors (Lipinski definition) is 1. The molecule has 1 saturated heterocycles. The van der Waals surface area contributed by atoms with Gasteiger partial charge in [-0.25, -0.2) is 14.6 Å². The van der Waals surface area contributed by atoms with E-state index < -0.39 is 0 Å². The topological polar surface area (TPSA) is 88.8 Å². The summed E-state index contributed by atoms with van der Waals surface area (Å²) in [7, 11) is 1.90. The number of nitrogens with zero attached hydrogens (tertiary/aromatic N) is 6. The monoisotopic (exact) mass is 365 g/mol. The molecule has 4 rings (SSSR count). The molecule has 1 N–H and O–H groups in total. The van der Waals surface area contributed by atoms with Crippen molar-refractivity contribution in [1.82, 2.24) is 30.3 Å². The second-order valence-electron chi connectivity index (χ2n) is 7.03. The third kappa shape index (κ3) is 3.95. The Labute approximate surface area is 157 Å². The Morgan fingerprint density at radius 1 is 1.22 bits per heavy atom. The molecule has 1 aliphatic heterocycles. The van der Waals surface area contributed by atoms with Gasteiger partial charge in [0, 0.05) is 39.1 Å². The fourth-order valence-corrected chi connectivity index (χ4v) is 3.51. The number of piperidine rings is 1. The Balaban J connectivity index is 1.24. The minimum atomic E-state index is 0.512. The number of carbonyl (C=O) groups is 1. The first-order valence-electron chi connectivity index (χ1n) is 9.24. The van der Waals surface area contributed by atoms with E-state index in [0.717, 1.165) is 56.3 Å². The van der Waals surface area contributed by atoms with Gasteiger partial charge in [-0.2, -0.15) is 0 Å². The molecule has 0 atom stereocenters. The second kappa shape index (κ2) is 7.79. The Kier molecular flexibility index (Phi) is 5.06. The highest BCUT2D eigenvalue weighted by Crippen LogP contribution is 2.20. The third-order valence-electron chi connectivity index (χ3n) is 5.13. The maximum atomic E-state index is 10.7. The zero-order chi connectivity index (χ0) is 18.6. The lowest BCUT2D eigenvalue weighted by molar-refractivity contribution is 0.112. The van der Waals surface area contributed by atoms with Crippen molar-refractivity contribution in [3.05, 3.63) is 41.7 Å². The van der Waals surface area contributed by atoms with Gasteiger partial charge in [0.25, 0.3) is 0 Å². The molecule has 0 saturated carbocycles. The number of fused-ring (bicyclic) bond motifs is 1. The number of carbonyl (C=O) groups excluding carboxylic acids is 1. The van der Waals surface area contributed by atoms with Crippen molar-refractivity contribution in [1.29, 1.82) is 0 Å². The van der Waals surface area contributed by atoms with Gasteiger partial charge in [0.15, 0.2) is 6.29 Å². The van der Waals surface area contributed by atoms with Crippen LogP contribution >= 0.6 is 0 Å². The van der Waals surface area contributed by atoms with Gasteiger partial charge in [-0.15, -0.1) is 5.10 Å². The summed E-state index contributed by atoms with van der Waals surface area (Å²) in [6, 6.07) is 6.29. The summed E-state index contributed by atoms with van der Waals surface area (Å²) in [5, 5.41) is 11.8. The van der Waals surface area contributed by atoms with E-state index in [4.69, 9.17) is 0 Å². The van der Waals surface area contributed by atoms with Gasteiger partial charge >= 0.3 is 0 Å². The van der Waals surface area contributed by atoms with E-state index in [0.29, 0.717) is 17.4 Å². The molecule has 0 amide bonds. The van der Waals surface area contributed by atoms with Crippen LogP contribution in [0.15, 0.2) is 30.6 Å². The smallest absolute Gasteiger partial charge is 0.225 e. The number of anilines is 1. The van der Waals surface area contributed by atoms with Gasteiger partial charge in [0.2, 0.25) is 5.95 Å². The van der Waals surface area contributed by atoms with Crippen molar-refractivity contribution in [2.75, 3.05) is 24.5 Å². The fourth-order valence-electron chi connectivity index (χ4n) is 3.51. The minimum absolute atomic E-state index is 0.512. The van der Waals surface area contributed by atoms with E-state index in [9.17, 15) is 4.79 Å². The van der Waals surface area contributed by atoms with Crippen molar-refractivity contribution < 1.29 is 4.79 Å². The second-order valence-corrected chi connectivity index (χ2v) is 7.03. The lowest BCUT2D eigenvalue weighted by atomic mass is 9.97. The SMILES string of the molecule is Cn1nnc2cc(CNCC3CCN(c4ncc(C=O)cn4)CC3)ccc21. The quantitative estimate of drug-likeness (QED) is 0.663. The van der Waals surface area contributed by atoms with Gasteiger partial charge in [-0.05, 0) is 43.0 Å². The highest BCUT2D eigenvalue weighted by molar-refractivity contribution is 5.75. The average molecular weight is 365 g/mol. The predicted molar refractivity (Wildman–Crippen MR) is 103 cm³/mol. The number of aldehydes is 1. The van der Waals surface area contributed by atoms with Crippen LogP contribution in [-0.4, -0.2) is 50.9 Å². The van der Waals surface area contributed by atoms with Gasteiger partial charge in [0.1, 0.15) is 5.52 Å². The van der Waals surface area contributed by atoms with E-state index >= 15 is 0 Å². The van der Waals surface area contributed by atoms with Gasteiger partial charge in [-0.1, -0.05) is 11.3 Å². The first kappa shape index (κ1) is 17.5. The molecular weight excluding hydrogens is 342 g/mol. The molecule has 0 radical (unpaired) electrons. The van der Waals surface area contributed by atoms with Crippen LogP contribution in [0.25, 0.3) is 11.0 Å². The maximum absolute atomic E-state index is 10.7. The molecule has 140 valence electrons. The predicted octanol–water partition coefficient (Wildman–Crippen LogP) is 1.58. The van der Waals surface area contributed by atoms with Crippen LogP contribution in [0.3, 0.4) is 0 Å². The summed E-state index contributed by atoms with van der Waals surface area (Å²) in [5.74, 6) is 1.36. The Morgan fingerprint density at radius 3 is 2.74 bits per heavy atom. The zero-order valence-electron chi connectivity index (χ0n) is 15.4. The molecule has 8 nitrogen and oxygen atoms in total. The molecule has 0 bridgehead atoms. The molecule has 3 heterocycles. The van der Waals surface area contributed by atoms with Crippen LogP contribution in [0.5, 0.6) is 0 Å². The van der Waals surface area contributed by atoms with Crippen LogP contribution < -0.4 is 10.2 Å². The Hall–Kier alpha value is -2.87. The average Bonchev–Trinajstić information content (AvgIpc) is 3.09. The molecule has 3 aromatic rings. The van der Waals surface area contributed by atoms with E-state index in [1.165, 1.54) is 5.56 Å². The number of rotatable bonds is 6.